The van der Waals surface area contributed by atoms with Crippen LogP contribution in [0.15, 0.2) is 53.4 Å². The third-order valence-corrected chi connectivity index (χ3v) is 8.63. The first-order chi connectivity index (χ1) is 15.5. The fourth-order valence-corrected chi connectivity index (χ4v) is 5.83. The van der Waals surface area contributed by atoms with Crippen molar-refractivity contribution < 1.29 is 30.4 Å². The summed E-state index contributed by atoms with van der Waals surface area (Å²) in [4.78, 5) is 13.7. The molecule has 1 aliphatic heterocycles. The maximum Gasteiger partial charge on any atom is 0.341 e. The summed E-state index contributed by atoms with van der Waals surface area (Å²) in [5.74, 6) is -5.01. The number of hydrogen-bond acceptors (Lipinski definition) is 6. The van der Waals surface area contributed by atoms with Gasteiger partial charge in [0.2, 0.25) is 19.9 Å². The Labute approximate surface area is 192 Å². The number of nitrogens with one attached hydrogen (secondary N) is 1. The topological polar surface area (TPSA) is 104 Å². The number of sulfonamides is 1. The second-order valence-electron chi connectivity index (χ2n) is 7.60. The van der Waals surface area contributed by atoms with Gasteiger partial charge in [-0.2, -0.15) is 13.1 Å². The van der Waals surface area contributed by atoms with Crippen molar-refractivity contribution in [2.75, 3.05) is 43.4 Å². The molecule has 0 aromatic heterocycles. The van der Waals surface area contributed by atoms with Crippen LogP contribution < -0.4 is 10.2 Å². The van der Waals surface area contributed by atoms with E-state index in [0.29, 0.717) is 26.2 Å². The summed E-state index contributed by atoms with van der Waals surface area (Å²) >= 11 is 0. The van der Waals surface area contributed by atoms with Crippen molar-refractivity contribution in [3.8, 4) is 0 Å². The molecule has 3 rings (SSSR count). The summed E-state index contributed by atoms with van der Waals surface area (Å²) in [6.07, 6.45) is 0. The van der Waals surface area contributed by atoms with Crippen molar-refractivity contribution >= 4 is 31.5 Å². The highest BCUT2D eigenvalue weighted by molar-refractivity contribution is 7.91. The zero-order valence-electron chi connectivity index (χ0n) is 17.9. The Morgan fingerprint density at radius 3 is 2.30 bits per heavy atom. The summed E-state index contributed by atoms with van der Waals surface area (Å²) in [5, 5.41) is 2.32. The highest BCUT2D eigenvalue weighted by Crippen LogP contribution is 2.22. The van der Waals surface area contributed by atoms with Gasteiger partial charge >= 0.3 is 5.76 Å². The standard InChI is InChI=1S/C21H25F2N3O5S2/c1-16-5-4-6-17(15-16)25-10-12-26(13-11-25)32(28,29)14-9-24-20(27)18-7-2-3-8-19(18)33(30,31)21(22)23/h2-8,15,21H,9-14H2,1H3,(H,24,27). The zero-order valence-corrected chi connectivity index (χ0v) is 19.6. The van der Waals surface area contributed by atoms with Gasteiger partial charge < -0.3 is 10.2 Å². The molecule has 1 heterocycles. The van der Waals surface area contributed by atoms with Crippen molar-refractivity contribution in [1.82, 2.24) is 9.62 Å². The van der Waals surface area contributed by atoms with Gasteiger partial charge in [-0.05, 0) is 36.8 Å². The molecule has 0 radical (unpaired) electrons. The molecule has 0 saturated carbocycles. The molecule has 1 aliphatic rings. The van der Waals surface area contributed by atoms with Crippen LogP contribution in [0.2, 0.25) is 0 Å². The Hall–Kier alpha value is -2.57. The van der Waals surface area contributed by atoms with Crippen LogP contribution in [0.5, 0.6) is 0 Å². The number of alkyl halides is 2. The van der Waals surface area contributed by atoms with E-state index in [-0.39, 0.29) is 6.54 Å². The van der Waals surface area contributed by atoms with Crippen molar-refractivity contribution in [3.05, 3.63) is 59.7 Å². The summed E-state index contributed by atoms with van der Waals surface area (Å²) in [5.41, 5.74) is 1.68. The first-order valence-electron chi connectivity index (χ1n) is 10.2. The number of sulfone groups is 1. The predicted molar refractivity (Wildman–Crippen MR) is 121 cm³/mol. The Morgan fingerprint density at radius 2 is 1.67 bits per heavy atom. The minimum absolute atomic E-state index is 0.289. The van der Waals surface area contributed by atoms with E-state index in [2.05, 4.69) is 10.2 Å². The fraction of sp³-hybridized carbons (Fsp3) is 0.381. The highest BCUT2D eigenvalue weighted by Gasteiger charge is 2.31. The van der Waals surface area contributed by atoms with Gasteiger partial charge in [0.15, 0.2) is 0 Å². The number of benzene rings is 2. The van der Waals surface area contributed by atoms with Gasteiger partial charge in [0.05, 0.1) is 16.2 Å². The van der Waals surface area contributed by atoms with Crippen molar-refractivity contribution in [2.45, 2.75) is 17.6 Å². The van der Waals surface area contributed by atoms with Gasteiger partial charge in [0, 0.05) is 38.4 Å². The Bertz CT molecular complexity index is 1210. The zero-order chi connectivity index (χ0) is 24.2. The molecule has 0 unspecified atom stereocenters. The molecule has 1 N–H and O–H groups in total. The van der Waals surface area contributed by atoms with Crippen LogP contribution in [0.1, 0.15) is 15.9 Å². The van der Waals surface area contributed by atoms with Gasteiger partial charge in [-0.25, -0.2) is 16.8 Å². The molecule has 2 aromatic rings. The Morgan fingerprint density at radius 1 is 1.00 bits per heavy atom. The van der Waals surface area contributed by atoms with Crippen LogP contribution in [0.25, 0.3) is 0 Å². The molecule has 180 valence electrons. The minimum Gasteiger partial charge on any atom is -0.369 e. The van der Waals surface area contributed by atoms with E-state index >= 15 is 0 Å². The maximum absolute atomic E-state index is 12.9. The Kier molecular flexibility index (Phi) is 7.70. The first kappa shape index (κ1) is 25.1. The van der Waals surface area contributed by atoms with Crippen LogP contribution in [0, 0.1) is 6.92 Å². The second kappa shape index (κ2) is 10.1. The number of nitrogens with zero attached hydrogens (tertiary/aromatic N) is 2. The molecule has 0 bridgehead atoms. The third kappa shape index (κ3) is 5.87. The number of carbonyl (C=O) groups excluding carboxylic acids is 1. The van der Waals surface area contributed by atoms with E-state index in [1.54, 1.807) is 0 Å². The SMILES string of the molecule is Cc1cccc(N2CCN(S(=O)(=O)CCNC(=O)c3ccccc3S(=O)(=O)C(F)F)CC2)c1. The molecule has 0 atom stereocenters. The van der Waals surface area contributed by atoms with Gasteiger partial charge in [-0.1, -0.05) is 24.3 Å². The van der Waals surface area contributed by atoms with E-state index in [1.165, 1.54) is 16.4 Å². The van der Waals surface area contributed by atoms with E-state index in [1.807, 2.05) is 31.2 Å². The molecule has 1 amide bonds. The van der Waals surface area contributed by atoms with Gasteiger partial charge in [-0.15, -0.1) is 0 Å². The minimum atomic E-state index is -4.98. The average Bonchev–Trinajstić information content (AvgIpc) is 2.79. The molecule has 0 spiro atoms. The number of hydrogen-bond donors (Lipinski definition) is 1. The fourth-order valence-electron chi connectivity index (χ4n) is 3.57. The number of carbonyl (C=O) groups is 1. The number of rotatable bonds is 8. The summed E-state index contributed by atoms with van der Waals surface area (Å²) in [6, 6.07) is 12.5. The van der Waals surface area contributed by atoms with Crippen LogP contribution in [0.4, 0.5) is 14.5 Å². The molecule has 1 fully saturated rings. The lowest BCUT2D eigenvalue weighted by Crippen LogP contribution is -2.50. The number of halogens is 2. The lowest BCUT2D eigenvalue weighted by Gasteiger charge is -2.35. The van der Waals surface area contributed by atoms with E-state index in [4.69, 9.17) is 0 Å². The normalized spacial score (nSPS) is 15.6. The smallest absolute Gasteiger partial charge is 0.341 e. The predicted octanol–water partition coefficient (Wildman–Crippen LogP) is 1.87. The van der Waals surface area contributed by atoms with Gasteiger partial charge in [-0.3, -0.25) is 4.79 Å². The van der Waals surface area contributed by atoms with Crippen molar-refractivity contribution in [2.24, 2.45) is 0 Å². The largest absolute Gasteiger partial charge is 0.369 e. The molecular weight excluding hydrogens is 476 g/mol. The third-order valence-electron chi connectivity index (χ3n) is 5.32. The van der Waals surface area contributed by atoms with E-state index in [9.17, 15) is 30.4 Å². The second-order valence-corrected chi connectivity index (χ2v) is 11.6. The van der Waals surface area contributed by atoms with Gasteiger partial charge in [0.1, 0.15) is 0 Å². The maximum atomic E-state index is 12.9. The molecule has 8 nitrogen and oxygen atoms in total. The lowest BCUT2D eigenvalue weighted by molar-refractivity contribution is 0.0952. The van der Waals surface area contributed by atoms with Crippen LogP contribution >= 0.6 is 0 Å². The monoisotopic (exact) mass is 501 g/mol. The first-order valence-corrected chi connectivity index (χ1v) is 13.4. The molecule has 12 heteroatoms. The highest BCUT2D eigenvalue weighted by atomic mass is 32.2. The molecule has 2 aromatic carbocycles. The van der Waals surface area contributed by atoms with Crippen LogP contribution in [0.3, 0.4) is 0 Å². The summed E-state index contributed by atoms with van der Waals surface area (Å²) < 4.78 is 76.1. The average molecular weight is 502 g/mol. The number of piperazine rings is 1. The summed E-state index contributed by atoms with van der Waals surface area (Å²) in [7, 11) is -8.65. The van der Waals surface area contributed by atoms with Crippen LogP contribution in [-0.2, 0) is 19.9 Å². The van der Waals surface area contributed by atoms with Crippen molar-refractivity contribution in [1.29, 1.82) is 0 Å². The van der Waals surface area contributed by atoms with E-state index < -0.39 is 47.7 Å². The number of aryl methyl sites for hydroxylation is 1. The number of anilines is 1. The van der Waals surface area contributed by atoms with Gasteiger partial charge in [0.25, 0.3) is 5.91 Å². The molecule has 33 heavy (non-hydrogen) atoms. The van der Waals surface area contributed by atoms with Crippen molar-refractivity contribution in [3.63, 3.8) is 0 Å². The van der Waals surface area contributed by atoms with E-state index in [0.717, 1.165) is 23.4 Å². The Balaban J connectivity index is 1.57. The number of amides is 1. The summed E-state index contributed by atoms with van der Waals surface area (Å²) in [6.45, 7) is 3.32. The van der Waals surface area contributed by atoms with Crippen LogP contribution in [-0.4, -0.2) is 71.3 Å². The molecule has 0 aliphatic carbocycles. The lowest BCUT2D eigenvalue weighted by atomic mass is 10.2. The molecular formula is C21H25F2N3O5S2. The quantitative estimate of drug-likeness (QED) is 0.592. The molecule has 1 saturated heterocycles.